The monoisotopic (exact) mass is 301 g/mol. The average Bonchev–Trinajstić information content (AvgIpc) is 2.67. The summed E-state index contributed by atoms with van der Waals surface area (Å²) in [6.07, 6.45) is 7.46. The SMILES string of the molecule is CCOC1(C(NC)c2ccc(Cl)s2)CCCCCC1. The highest BCUT2D eigenvalue weighted by Crippen LogP contribution is 2.42. The number of hydrogen-bond acceptors (Lipinski definition) is 3. The minimum atomic E-state index is -0.0613. The molecule has 1 aliphatic carbocycles. The van der Waals surface area contributed by atoms with Gasteiger partial charge in [-0.2, -0.15) is 0 Å². The topological polar surface area (TPSA) is 21.3 Å². The van der Waals surface area contributed by atoms with Crippen molar-refractivity contribution in [2.45, 2.75) is 57.1 Å². The summed E-state index contributed by atoms with van der Waals surface area (Å²) in [6, 6.07) is 4.38. The predicted octanol–water partition coefficient (Wildman–Crippen LogP) is 4.79. The lowest BCUT2D eigenvalue weighted by Crippen LogP contribution is -2.44. The largest absolute Gasteiger partial charge is 0.373 e. The maximum atomic E-state index is 6.27. The molecule has 1 heterocycles. The molecule has 1 aromatic heterocycles. The van der Waals surface area contributed by atoms with Crippen LogP contribution in [0.2, 0.25) is 4.34 Å². The number of rotatable bonds is 5. The van der Waals surface area contributed by atoms with Crippen LogP contribution in [0.4, 0.5) is 0 Å². The number of thiophene rings is 1. The van der Waals surface area contributed by atoms with Crippen LogP contribution in [-0.2, 0) is 4.74 Å². The Hall–Kier alpha value is -0.0900. The Kier molecular flexibility index (Phi) is 5.70. The minimum absolute atomic E-state index is 0.0613. The normalized spacial score (nSPS) is 21.0. The van der Waals surface area contributed by atoms with Crippen molar-refractivity contribution in [1.82, 2.24) is 5.32 Å². The summed E-state index contributed by atoms with van der Waals surface area (Å²) >= 11 is 7.77. The van der Waals surface area contributed by atoms with Gasteiger partial charge in [-0.05, 0) is 38.9 Å². The van der Waals surface area contributed by atoms with Crippen LogP contribution in [0.15, 0.2) is 12.1 Å². The first-order valence-electron chi connectivity index (χ1n) is 7.28. The van der Waals surface area contributed by atoms with Crippen LogP contribution in [0.3, 0.4) is 0 Å². The van der Waals surface area contributed by atoms with E-state index in [4.69, 9.17) is 16.3 Å². The minimum Gasteiger partial charge on any atom is -0.373 e. The first kappa shape index (κ1) is 15.3. The Bertz CT molecular complexity index is 385. The van der Waals surface area contributed by atoms with Crippen molar-refractivity contribution in [1.29, 1.82) is 0 Å². The molecule has 108 valence electrons. The first-order chi connectivity index (χ1) is 9.22. The van der Waals surface area contributed by atoms with Crippen LogP contribution in [0, 0.1) is 0 Å². The van der Waals surface area contributed by atoms with Crippen molar-refractivity contribution in [2.24, 2.45) is 0 Å². The zero-order valence-electron chi connectivity index (χ0n) is 11.9. The molecule has 0 saturated heterocycles. The van der Waals surface area contributed by atoms with Gasteiger partial charge >= 0.3 is 0 Å². The molecule has 1 aliphatic rings. The highest BCUT2D eigenvalue weighted by atomic mass is 35.5. The van der Waals surface area contributed by atoms with Crippen LogP contribution in [0.1, 0.15) is 56.4 Å². The standard InChI is InChI=1S/C15H24ClNOS/c1-3-18-15(10-6-4-5-7-11-15)14(17-2)12-8-9-13(16)19-12/h8-9,14,17H,3-7,10-11H2,1-2H3. The fraction of sp³-hybridized carbons (Fsp3) is 0.733. The van der Waals surface area contributed by atoms with Crippen LogP contribution in [-0.4, -0.2) is 19.3 Å². The molecule has 2 nitrogen and oxygen atoms in total. The zero-order chi connectivity index (χ0) is 13.7. The Labute approximate surface area is 125 Å². The lowest BCUT2D eigenvalue weighted by molar-refractivity contribution is -0.0759. The fourth-order valence-electron chi connectivity index (χ4n) is 3.28. The number of ether oxygens (including phenoxy) is 1. The van der Waals surface area contributed by atoms with Gasteiger partial charge in [0.05, 0.1) is 16.0 Å². The molecule has 1 unspecified atom stereocenters. The van der Waals surface area contributed by atoms with Crippen molar-refractivity contribution < 1.29 is 4.74 Å². The predicted molar refractivity (Wildman–Crippen MR) is 83.2 cm³/mol. The molecule has 1 aromatic rings. The van der Waals surface area contributed by atoms with E-state index in [1.54, 1.807) is 11.3 Å². The summed E-state index contributed by atoms with van der Waals surface area (Å²) < 4.78 is 7.13. The van der Waals surface area contributed by atoms with E-state index in [2.05, 4.69) is 18.3 Å². The summed E-state index contributed by atoms with van der Waals surface area (Å²) in [5, 5.41) is 3.48. The van der Waals surface area contributed by atoms with Gasteiger partial charge in [-0.1, -0.05) is 37.3 Å². The molecule has 2 rings (SSSR count). The molecule has 0 aromatic carbocycles. The van der Waals surface area contributed by atoms with E-state index in [1.807, 2.05) is 13.1 Å². The lowest BCUT2D eigenvalue weighted by Gasteiger charge is -2.39. The highest BCUT2D eigenvalue weighted by Gasteiger charge is 2.40. The van der Waals surface area contributed by atoms with Gasteiger partial charge in [0, 0.05) is 11.5 Å². The van der Waals surface area contributed by atoms with Crippen molar-refractivity contribution in [3.05, 3.63) is 21.3 Å². The molecule has 1 atom stereocenters. The van der Waals surface area contributed by atoms with Gasteiger partial charge in [-0.25, -0.2) is 0 Å². The molecule has 0 aliphatic heterocycles. The molecule has 0 spiro atoms. The number of likely N-dealkylation sites (N-methyl/N-ethyl adjacent to an activating group) is 1. The highest BCUT2D eigenvalue weighted by molar-refractivity contribution is 7.16. The van der Waals surface area contributed by atoms with E-state index in [1.165, 1.54) is 30.6 Å². The van der Waals surface area contributed by atoms with Crippen molar-refractivity contribution >= 4 is 22.9 Å². The second-order valence-corrected chi connectivity index (χ2v) is 7.02. The molecule has 1 fully saturated rings. The van der Waals surface area contributed by atoms with Gasteiger partial charge in [-0.15, -0.1) is 11.3 Å². The third-order valence-electron chi connectivity index (χ3n) is 4.07. The van der Waals surface area contributed by atoms with Gasteiger partial charge in [0.2, 0.25) is 0 Å². The molecule has 1 N–H and O–H groups in total. The molecule has 19 heavy (non-hydrogen) atoms. The Morgan fingerprint density at radius 1 is 1.32 bits per heavy atom. The average molecular weight is 302 g/mol. The van der Waals surface area contributed by atoms with E-state index in [0.29, 0.717) is 0 Å². The summed E-state index contributed by atoms with van der Waals surface area (Å²) in [5.41, 5.74) is -0.0613. The summed E-state index contributed by atoms with van der Waals surface area (Å²) in [4.78, 5) is 1.29. The molecule has 0 bridgehead atoms. The van der Waals surface area contributed by atoms with E-state index >= 15 is 0 Å². The summed E-state index contributed by atoms with van der Waals surface area (Å²) in [7, 11) is 2.03. The van der Waals surface area contributed by atoms with Crippen LogP contribution < -0.4 is 5.32 Å². The van der Waals surface area contributed by atoms with E-state index in [0.717, 1.165) is 23.8 Å². The van der Waals surface area contributed by atoms with Gasteiger partial charge < -0.3 is 10.1 Å². The Morgan fingerprint density at radius 3 is 2.47 bits per heavy atom. The van der Waals surface area contributed by atoms with Crippen LogP contribution in [0.25, 0.3) is 0 Å². The molecule has 1 saturated carbocycles. The lowest BCUT2D eigenvalue weighted by atomic mass is 9.85. The van der Waals surface area contributed by atoms with E-state index < -0.39 is 0 Å². The number of hydrogen-bond donors (Lipinski definition) is 1. The first-order valence-corrected chi connectivity index (χ1v) is 8.48. The van der Waals surface area contributed by atoms with Crippen molar-refractivity contribution in [3.63, 3.8) is 0 Å². The third-order valence-corrected chi connectivity index (χ3v) is 5.37. The molecular formula is C15H24ClNOS. The fourth-order valence-corrected chi connectivity index (χ4v) is 4.56. The second-order valence-electron chi connectivity index (χ2n) is 5.28. The molecule has 0 amide bonds. The van der Waals surface area contributed by atoms with Crippen LogP contribution in [0.5, 0.6) is 0 Å². The maximum Gasteiger partial charge on any atom is 0.0931 e. The smallest absolute Gasteiger partial charge is 0.0931 e. The van der Waals surface area contributed by atoms with Gasteiger partial charge in [0.25, 0.3) is 0 Å². The van der Waals surface area contributed by atoms with Gasteiger partial charge in [-0.3, -0.25) is 0 Å². The van der Waals surface area contributed by atoms with Crippen LogP contribution >= 0.6 is 22.9 Å². The Balaban J connectivity index is 2.28. The van der Waals surface area contributed by atoms with E-state index in [9.17, 15) is 0 Å². The van der Waals surface area contributed by atoms with E-state index in [-0.39, 0.29) is 11.6 Å². The quantitative estimate of drug-likeness (QED) is 0.789. The molecule has 0 radical (unpaired) electrons. The van der Waals surface area contributed by atoms with Crippen molar-refractivity contribution in [3.8, 4) is 0 Å². The summed E-state index contributed by atoms with van der Waals surface area (Å²) in [6.45, 7) is 2.87. The van der Waals surface area contributed by atoms with Crippen molar-refractivity contribution in [2.75, 3.05) is 13.7 Å². The van der Waals surface area contributed by atoms with Gasteiger partial charge in [0.1, 0.15) is 0 Å². The molecule has 4 heteroatoms. The number of nitrogens with one attached hydrogen (secondary N) is 1. The zero-order valence-corrected chi connectivity index (χ0v) is 13.4. The maximum absolute atomic E-state index is 6.27. The summed E-state index contributed by atoms with van der Waals surface area (Å²) in [5.74, 6) is 0. The third kappa shape index (κ3) is 3.52. The molecular weight excluding hydrogens is 278 g/mol. The Morgan fingerprint density at radius 2 is 2.00 bits per heavy atom. The van der Waals surface area contributed by atoms with Gasteiger partial charge in [0.15, 0.2) is 0 Å². The number of halogens is 1. The second kappa shape index (κ2) is 7.07.